The molecule has 1 aliphatic rings. The van der Waals surface area contributed by atoms with Gasteiger partial charge in [0.15, 0.2) is 0 Å². The van der Waals surface area contributed by atoms with Crippen molar-refractivity contribution in [1.29, 1.82) is 0 Å². The van der Waals surface area contributed by atoms with Crippen molar-refractivity contribution in [3.8, 4) is 6.01 Å². The van der Waals surface area contributed by atoms with Crippen LogP contribution in [-0.2, 0) is 4.74 Å². The van der Waals surface area contributed by atoms with Crippen LogP contribution >= 0.6 is 0 Å². The molecule has 1 N–H and O–H groups in total. The zero-order chi connectivity index (χ0) is 15.7. The first kappa shape index (κ1) is 14.7. The van der Waals surface area contributed by atoms with Gasteiger partial charge < -0.3 is 19.4 Å². The zero-order valence-corrected chi connectivity index (χ0v) is 13.1. The van der Waals surface area contributed by atoms with Gasteiger partial charge in [0, 0.05) is 13.0 Å². The van der Waals surface area contributed by atoms with E-state index in [4.69, 9.17) is 9.47 Å². The van der Waals surface area contributed by atoms with Crippen molar-refractivity contribution in [2.24, 2.45) is 0 Å². The maximum atomic E-state index is 12.0. The highest BCUT2D eigenvalue weighted by Crippen LogP contribution is 2.21. The Kier molecular flexibility index (Phi) is 3.68. The molecule has 118 valence electrons. The van der Waals surface area contributed by atoms with Gasteiger partial charge in [0.1, 0.15) is 11.7 Å². The first-order valence-electron chi connectivity index (χ1n) is 7.50. The monoisotopic (exact) mass is 303 g/mol. The third-order valence-corrected chi connectivity index (χ3v) is 3.44. The van der Waals surface area contributed by atoms with Crippen molar-refractivity contribution in [3.05, 3.63) is 24.3 Å². The molecule has 0 aliphatic carbocycles. The predicted octanol–water partition coefficient (Wildman–Crippen LogP) is 2.95. The summed E-state index contributed by atoms with van der Waals surface area (Å²) in [4.78, 5) is 21.2. The van der Waals surface area contributed by atoms with Gasteiger partial charge in [0.25, 0.3) is 6.01 Å². The standard InChI is InChI=1S/C16H21N3O3/c1-16(2,3)22-15(20)19-9-8-11(10-19)21-14-17-12-6-4-5-7-13(12)18-14/h4-7,11H,8-10H2,1-3H3,(H,17,18)/t11-/m1/s1. The Bertz CT molecular complexity index is 642. The molecule has 2 aromatic rings. The van der Waals surface area contributed by atoms with Gasteiger partial charge in [-0.3, -0.25) is 0 Å². The molecule has 0 radical (unpaired) electrons. The van der Waals surface area contributed by atoms with Crippen LogP contribution in [0.3, 0.4) is 0 Å². The minimum atomic E-state index is -0.477. The molecule has 0 unspecified atom stereocenters. The second kappa shape index (κ2) is 5.51. The Morgan fingerprint density at radius 3 is 2.86 bits per heavy atom. The highest BCUT2D eigenvalue weighted by Gasteiger charge is 2.31. The SMILES string of the molecule is CC(C)(C)OC(=O)N1CC[C@@H](Oc2nc3ccccc3[nH]2)C1. The number of H-pyrrole nitrogens is 1. The number of amides is 1. The fourth-order valence-electron chi connectivity index (χ4n) is 2.46. The van der Waals surface area contributed by atoms with Gasteiger partial charge in [0.05, 0.1) is 17.6 Å². The molecular weight excluding hydrogens is 282 g/mol. The predicted molar refractivity (Wildman–Crippen MR) is 82.9 cm³/mol. The van der Waals surface area contributed by atoms with Crippen LogP contribution in [0.4, 0.5) is 4.79 Å². The molecule has 1 amide bonds. The number of ether oxygens (including phenoxy) is 2. The normalized spacial score (nSPS) is 18.7. The molecule has 22 heavy (non-hydrogen) atoms. The van der Waals surface area contributed by atoms with E-state index >= 15 is 0 Å². The summed E-state index contributed by atoms with van der Waals surface area (Å²) in [6.45, 7) is 6.75. The number of benzene rings is 1. The van der Waals surface area contributed by atoms with Crippen molar-refractivity contribution in [2.45, 2.75) is 38.9 Å². The number of nitrogens with zero attached hydrogens (tertiary/aromatic N) is 2. The first-order valence-corrected chi connectivity index (χ1v) is 7.50. The zero-order valence-electron chi connectivity index (χ0n) is 13.1. The summed E-state index contributed by atoms with van der Waals surface area (Å²) >= 11 is 0. The van der Waals surface area contributed by atoms with Gasteiger partial charge in [-0.2, -0.15) is 4.98 Å². The number of para-hydroxylation sites is 2. The van der Waals surface area contributed by atoms with Gasteiger partial charge in [-0.25, -0.2) is 4.79 Å². The van der Waals surface area contributed by atoms with Crippen LogP contribution in [0.5, 0.6) is 6.01 Å². The van der Waals surface area contributed by atoms with Crippen LogP contribution in [0.2, 0.25) is 0 Å². The van der Waals surface area contributed by atoms with Gasteiger partial charge in [-0.1, -0.05) is 12.1 Å². The van der Waals surface area contributed by atoms with E-state index in [0.29, 0.717) is 19.1 Å². The van der Waals surface area contributed by atoms with E-state index in [1.165, 1.54) is 0 Å². The Morgan fingerprint density at radius 2 is 2.14 bits per heavy atom. The summed E-state index contributed by atoms with van der Waals surface area (Å²) in [7, 11) is 0. The number of hydrogen-bond acceptors (Lipinski definition) is 4. The second-order valence-corrected chi connectivity index (χ2v) is 6.51. The minimum absolute atomic E-state index is 0.0620. The van der Waals surface area contributed by atoms with Gasteiger partial charge in [0.2, 0.25) is 0 Å². The van der Waals surface area contributed by atoms with E-state index in [1.54, 1.807) is 4.90 Å². The number of imidazole rings is 1. The molecule has 1 atom stereocenters. The number of aromatic amines is 1. The van der Waals surface area contributed by atoms with Crippen LogP contribution in [0, 0.1) is 0 Å². The molecule has 3 rings (SSSR count). The molecule has 0 saturated carbocycles. The van der Waals surface area contributed by atoms with Crippen molar-refractivity contribution < 1.29 is 14.3 Å². The maximum Gasteiger partial charge on any atom is 0.410 e. The molecule has 1 saturated heterocycles. The van der Waals surface area contributed by atoms with Crippen LogP contribution < -0.4 is 4.74 Å². The van der Waals surface area contributed by atoms with Crippen molar-refractivity contribution in [3.63, 3.8) is 0 Å². The average molecular weight is 303 g/mol. The van der Waals surface area contributed by atoms with E-state index in [2.05, 4.69) is 9.97 Å². The first-order chi connectivity index (χ1) is 10.4. The Balaban J connectivity index is 1.60. The molecular formula is C16H21N3O3. The average Bonchev–Trinajstić information content (AvgIpc) is 3.02. The van der Waals surface area contributed by atoms with Crippen LogP contribution in [0.15, 0.2) is 24.3 Å². The van der Waals surface area contributed by atoms with E-state index < -0.39 is 5.60 Å². The van der Waals surface area contributed by atoms with Crippen molar-refractivity contribution in [1.82, 2.24) is 14.9 Å². The summed E-state index contributed by atoms with van der Waals surface area (Å²) in [5, 5.41) is 0. The summed E-state index contributed by atoms with van der Waals surface area (Å²) in [5.41, 5.74) is 1.34. The summed E-state index contributed by atoms with van der Waals surface area (Å²) in [6.07, 6.45) is 0.423. The number of rotatable bonds is 2. The maximum absolute atomic E-state index is 12.0. The molecule has 1 fully saturated rings. The van der Waals surface area contributed by atoms with Gasteiger partial charge in [-0.15, -0.1) is 0 Å². The number of aromatic nitrogens is 2. The van der Waals surface area contributed by atoms with E-state index in [9.17, 15) is 4.79 Å². The second-order valence-electron chi connectivity index (χ2n) is 6.51. The molecule has 0 spiro atoms. The lowest BCUT2D eigenvalue weighted by Gasteiger charge is -2.24. The van der Waals surface area contributed by atoms with E-state index in [0.717, 1.165) is 17.5 Å². The van der Waals surface area contributed by atoms with Crippen molar-refractivity contribution >= 4 is 17.1 Å². The Labute approximate surface area is 129 Å². The number of fused-ring (bicyclic) bond motifs is 1. The third-order valence-electron chi connectivity index (χ3n) is 3.44. The molecule has 6 nitrogen and oxygen atoms in total. The molecule has 1 aromatic carbocycles. The van der Waals surface area contributed by atoms with Gasteiger partial charge >= 0.3 is 6.09 Å². The number of nitrogens with one attached hydrogen (secondary N) is 1. The van der Waals surface area contributed by atoms with Crippen LogP contribution in [0.25, 0.3) is 11.0 Å². The van der Waals surface area contributed by atoms with E-state index in [1.807, 2.05) is 45.0 Å². The highest BCUT2D eigenvalue weighted by atomic mass is 16.6. The molecule has 1 aliphatic heterocycles. The van der Waals surface area contributed by atoms with Crippen LogP contribution in [0.1, 0.15) is 27.2 Å². The topological polar surface area (TPSA) is 67.4 Å². The van der Waals surface area contributed by atoms with Crippen molar-refractivity contribution in [2.75, 3.05) is 13.1 Å². The number of likely N-dealkylation sites (tertiary alicyclic amines) is 1. The molecule has 0 bridgehead atoms. The lowest BCUT2D eigenvalue weighted by molar-refractivity contribution is 0.0274. The largest absolute Gasteiger partial charge is 0.460 e. The molecule has 2 heterocycles. The number of carbonyl (C=O) groups excluding carboxylic acids is 1. The third kappa shape index (κ3) is 3.32. The number of carbonyl (C=O) groups is 1. The smallest absolute Gasteiger partial charge is 0.410 e. The summed E-state index contributed by atoms with van der Waals surface area (Å²) < 4.78 is 11.2. The molecule has 6 heteroatoms. The number of hydrogen-bond donors (Lipinski definition) is 1. The fraction of sp³-hybridized carbons (Fsp3) is 0.500. The van der Waals surface area contributed by atoms with Gasteiger partial charge in [-0.05, 0) is 32.9 Å². The van der Waals surface area contributed by atoms with E-state index in [-0.39, 0.29) is 12.2 Å². The summed E-state index contributed by atoms with van der Waals surface area (Å²) in [5.74, 6) is 0. The van der Waals surface area contributed by atoms with Crippen LogP contribution in [-0.4, -0.2) is 45.8 Å². The lowest BCUT2D eigenvalue weighted by Crippen LogP contribution is -2.36. The lowest BCUT2D eigenvalue weighted by atomic mass is 10.2. The quantitative estimate of drug-likeness (QED) is 0.926. The minimum Gasteiger partial charge on any atom is -0.460 e. The molecule has 1 aromatic heterocycles. The Hall–Kier alpha value is -2.24. The summed E-state index contributed by atoms with van der Waals surface area (Å²) in [6, 6.07) is 8.27. The highest BCUT2D eigenvalue weighted by molar-refractivity contribution is 5.75. The fourth-order valence-corrected chi connectivity index (χ4v) is 2.46. The Morgan fingerprint density at radius 1 is 1.36 bits per heavy atom.